The Balaban J connectivity index is 2.01. The molecule has 3 heteroatoms. The Morgan fingerprint density at radius 2 is 2.25 bits per heavy atom. The van der Waals surface area contributed by atoms with Crippen LogP contribution in [0, 0.1) is 6.92 Å². The summed E-state index contributed by atoms with van der Waals surface area (Å²) in [5.41, 5.74) is 7.80. The van der Waals surface area contributed by atoms with Crippen molar-refractivity contribution in [1.82, 2.24) is 0 Å². The summed E-state index contributed by atoms with van der Waals surface area (Å²) >= 11 is 0. The Kier molecular flexibility index (Phi) is 3.57. The Labute approximate surface area is 96.3 Å². The van der Waals surface area contributed by atoms with Gasteiger partial charge in [-0.1, -0.05) is 18.2 Å². The van der Waals surface area contributed by atoms with Crippen molar-refractivity contribution in [2.45, 2.75) is 25.9 Å². The van der Waals surface area contributed by atoms with Gasteiger partial charge in [0, 0.05) is 5.56 Å². The zero-order valence-electron chi connectivity index (χ0n) is 9.65. The number of hydrogen-bond acceptors (Lipinski definition) is 3. The van der Waals surface area contributed by atoms with E-state index in [0.29, 0.717) is 0 Å². The fraction of sp³-hybridized carbons (Fsp3) is 0.462. The molecule has 0 saturated heterocycles. The number of nitrogens with zero attached hydrogens (tertiary/aromatic N) is 1. The summed E-state index contributed by atoms with van der Waals surface area (Å²) < 4.78 is 5.82. The minimum Gasteiger partial charge on any atom is -0.472 e. The molecule has 1 aromatic carbocycles. The van der Waals surface area contributed by atoms with E-state index in [-0.39, 0.29) is 6.10 Å². The molecule has 1 unspecified atom stereocenters. The van der Waals surface area contributed by atoms with Gasteiger partial charge in [-0.05, 0) is 37.9 Å². The second kappa shape index (κ2) is 5.12. The number of aryl methyl sites for hydroxylation is 1. The SMILES string of the molecule is Cc1ccccc1C1=NCC(CCCN)O1. The summed E-state index contributed by atoms with van der Waals surface area (Å²) in [7, 11) is 0. The molecule has 0 aromatic heterocycles. The largest absolute Gasteiger partial charge is 0.472 e. The van der Waals surface area contributed by atoms with Crippen molar-refractivity contribution < 1.29 is 4.74 Å². The summed E-state index contributed by atoms with van der Waals surface area (Å²) in [4.78, 5) is 4.45. The van der Waals surface area contributed by atoms with Gasteiger partial charge in [0.1, 0.15) is 6.10 Å². The molecule has 0 spiro atoms. The van der Waals surface area contributed by atoms with Gasteiger partial charge in [-0.25, -0.2) is 4.99 Å². The molecule has 3 nitrogen and oxygen atoms in total. The average Bonchev–Trinajstić information content (AvgIpc) is 2.75. The zero-order chi connectivity index (χ0) is 11.4. The molecule has 86 valence electrons. The predicted molar refractivity (Wildman–Crippen MR) is 65.7 cm³/mol. The molecular formula is C13H18N2O. The average molecular weight is 218 g/mol. The summed E-state index contributed by atoms with van der Waals surface area (Å²) in [6.07, 6.45) is 2.22. The van der Waals surface area contributed by atoms with Gasteiger partial charge in [0.15, 0.2) is 0 Å². The second-order valence-corrected chi connectivity index (χ2v) is 4.13. The van der Waals surface area contributed by atoms with Gasteiger partial charge in [-0.2, -0.15) is 0 Å². The fourth-order valence-electron chi connectivity index (χ4n) is 1.87. The Bertz CT molecular complexity index is 387. The maximum absolute atomic E-state index is 5.82. The normalized spacial score (nSPS) is 19.4. The molecule has 0 aliphatic carbocycles. The smallest absolute Gasteiger partial charge is 0.216 e. The van der Waals surface area contributed by atoms with E-state index in [1.54, 1.807) is 0 Å². The van der Waals surface area contributed by atoms with Crippen LogP contribution in [0.15, 0.2) is 29.3 Å². The molecule has 2 rings (SSSR count). The molecule has 0 amide bonds. The number of aliphatic imine (C=N–C) groups is 1. The first kappa shape index (κ1) is 11.1. The van der Waals surface area contributed by atoms with Gasteiger partial charge >= 0.3 is 0 Å². The number of ether oxygens (including phenoxy) is 1. The van der Waals surface area contributed by atoms with Crippen LogP contribution in [0.3, 0.4) is 0 Å². The predicted octanol–water partition coefficient (Wildman–Crippen LogP) is 1.88. The summed E-state index contributed by atoms with van der Waals surface area (Å²) in [6.45, 7) is 3.57. The zero-order valence-corrected chi connectivity index (χ0v) is 9.65. The van der Waals surface area contributed by atoms with Gasteiger partial charge in [0.2, 0.25) is 5.90 Å². The second-order valence-electron chi connectivity index (χ2n) is 4.13. The molecule has 1 aromatic rings. The molecule has 16 heavy (non-hydrogen) atoms. The van der Waals surface area contributed by atoms with Gasteiger partial charge in [-0.3, -0.25) is 0 Å². The first-order valence-corrected chi connectivity index (χ1v) is 5.78. The van der Waals surface area contributed by atoms with E-state index in [0.717, 1.165) is 37.4 Å². The highest BCUT2D eigenvalue weighted by atomic mass is 16.5. The minimum absolute atomic E-state index is 0.221. The Morgan fingerprint density at radius 3 is 3.00 bits per heavy atom. The van der Waals surface area contributed by atoms with Crippen LogP contribution in [-0.2, 0) is 4.74 Å². The highest BCUT2D eigenvalue weighted by Crippen LogP contribution is 2.17. The standard InChI is InChI=1S/C13H18N2O/c1-10-5-2-3-7-12(10)13-15-9-11(16-13)6-4-8-14/h2-3,5,7,11H,4,6,8-9,14H2,1H3. The molecule has 2 N–H and O–H groups in total. The molecule has 0 fully saturated rings. The Morgan fingerprint density at radius 1 is 1.44 bits per heavy atom. The van der Waals surface area contributed by atoms with Crippen LogP contribution in [0.25, 0.3) is 0 Å². The Hall–Kier alpha value is -1.35. The molecule has 0 radical (unpaired) electrons. The first-order valence-electron chi connectivity index (χ1n) is 5.78. The third-order valence-corrected chi connectivity index (χ3v) is 2.82. The van der Waals surface area contributed by atoms with Crippen LogP contribution < -0.4 is 5.73 Å². The van der Waals surface area contributed by atoms with Crippen molar-refractivity contribution in [2.75, 3.05) is 13.1 Å². The van der Waals surface area contributed by atoms with Crippen molar-refractivity contribution in [3.63, 3.8) is 0 Å². The minimum atomic E-state index is 0.221. The maximum atomic E-state index is 5.82. The molecule has 1 heterocycles. The molecule has 1 aliphatic rings. The number of nitrogens with two attached hydrogens (primary N) is 1. The lowest BCUT2D eigenvalue weighted by atomic mass is 10.1. The van der Waals surface area contributed by atoms with Gasteiger partial charge < -0.3 is 10.5 Å². The van der Waals surface area contributed by atoms with E-state index in [1.165, 1.54) is 5.56 Å². The molecule has 0 bridgehead atoms. The summed E-state index contributed by atoms with van der Waals surface area (Å²) in [5.74, 6) is 0.792. The van der Waals surface area contributed by atoms with Crippen molar-refractivity contribution in [1.29, 1.82) is 0 Å². The molecular weight excluding hydrogens is 200 g/mol. The van der Waals surface area contributed by atoms with Crippen LogP contribution in [0.4, 0.5) is 0 Å². The van der Waals surface area contributed by atoms with E-state index >= 15 is 0 Å². The van der Waals surface area contributed by atoms with Crippen molar-refractivity contribution in [2.24, 2.45) is 10.7 Å². The van der Waals surface area contributed by atoms with E-state index in [9.17, 15) is 0 Å². The first-order chi connectivity index (χ1) is 7.81. The van der Waals surface area contributed by atoms with Crippen LogP contribution in [-0.4, -0.2) is 25.1 Å². The monoisotopic (exact) mass is 218 g/mol. The highest BCUT2D eigenvalue weighted by Gasteiger charge is 2.21. The quantitative estimate of drug-likeness (QED) is 0.838. The van der Waals surface area contributed by atoms with Gasteiger partial charge in [-0.15, -0.1) is 0 Å². The third-order valence-electron chi connectivity index (χ3n) is 2.82. The number of rotatable bonds is 4. The highest BCUT2D eigenvalue weighted by molar-refractivity contribution is 5.96. The van der Waals surface area contributed by atoms with Gasteiger partial charge in [0.05, 0.1) is 6.54 Å². The third kappa shape index (κ3) is 2.42. The summed E-state index contributed by atoms with van der Waals surface area (Å²) in [5, 5.41) is 0. The molecule has 1 aliphatic heterocycles. The lowest BCUT2D eigenvalue weighted by Crippen LogP contribution is -2.15. The molecule has 1 atom stereocenters. The number of benzene rings is 1. The number of hydrogen-bond donors (Lipinski definition) is 1. The van der Waals surface area contributed by atoms with Crippen molar-refractivity contribution >= 4 is 5.90 Å². The van der Waals surface area contributed by atoms with Crippen molar-refractivity contribution in [3.05, 3.63) is 35.4 Å². The van der Waals surface area contributed by atoms with Gasteiger partial charge in [0.25, 0.3) is 0 Å². The van der Waals surface area contributed by atoms with E-state index in [2.05, 4.69) is 24.0 Å². The maximum Gasteiger partial charge on any atom is 0.216 e. The fourth-order valence-corrected chi connectivity index (χ4v) is 1.87. The molecule has 0 saturated carbocycles. The van der Waals surface area contributed by atoms with Crippen LogP contribution in [0.2, 0.25) is 0 Å². The van der Waals surface area contributed by atoms with Crippen LogP contribution in [0.5, 0.6) is 0 Å². The van der Waals surface area contributed by atoms with E-state index in [4.69, 9.17) is 10.5 Å². The summed E-state index contributed by atoms with van der Waals surface area (Å²) in [6, 6.07) is 8.18. The van der Waals surface area contributed by atoms with E-state index in [1.807, 2.05) is 12.1 Å². The van der Waals surface area contributed by atoms with Crippen LogP contribution in [0.1, 0.15) is 24.0 Å². The van der Waals surface area contributed by atoms with Crippen LogP contribution >= 0.6 is 0 Å². The van der Waals surface area contributed by atoms with Crippen molar-refractivity contribution in [3.8, 4) is 0 Å². The lowest BCUT2D eigenvalue weighted by Gasteiger charge is -2.11. The topological polar surface area (TPSA) is 47.6 Å². The lowest BCUT2D eigenvalue weighted by molar-refractivity contribution is 0.211. The van der Waals surface area contributed by atoms with E-state index < -0.39 is 0 Å².